The van der Waals surface area contributed by atoms with Crippen LogP contribution in [0.5, 0.6) is 0 Å². The summed E-state index contributed by atoms with van der Waals surface area (Å²) in [6, 6.07) is 8.07. The summed E-state index contributed by atoms with van der Waals surface area (Å²) >= 11 is 0. The average molecular weight is 288 g/mol. The molecule has 1 aromatic carbocycles. The number of hydrogen-bond acceptors (Lipinski definition) is 4. The van der Waals surface area contributed by atoms with Crippen LogP contribution in [0, 0.1) is 12.3 Å². The third-order valence-corrected chi connectivity index (χ3v) is 3.38. The monoisotopic (exact) mass is 288 g/mol. The third kappa shape index (κ3) is 4.41. The number of aromatic nitrogens is 2. The van der Waals surface area contributed by atoms with Gasteiger partial charge in [-0.2, -0.15) is 4.98 Å². The van der Waals surface area contributed by atoms with E-state index in [9.17, 15) is 4.79 Å². The molecule has 0 saturated heterocycles. The molecule has 21 heavy (non-hydrogen) atoms. The van der Waals surface area contributed by atoms with Gasteiger partial charge in [0.25, 0.3) is 0 Å². The zero-order valence-electron chi connectivity index (χ0n) is 12.6. The molecule has 0 aliphatic heterocycles. The number of nitrogens with zero attached hydrogens (tertiary/aromatic N) is 2. The summed E-state index contributed by atoms with van der Waals surface area (Å²) < 4.78 is 5.24. The second-order valence-corrected chi connectivity index (χ2v) is 6.12. The normalized spacial score (nSPS) is 11.6. The van der Waals surface area contributed by atoms with Crippen LogP contribution < -0.4 is 0 Å². The second-order valence-electron chi connectivity index (χ2n) is 6.12. The molecule has 5 nitrogen and oxygen atoms in total. The van der Waals surface area contributed by atoms with E-state index < -0.39 is 11.4 Å². The lowest BCUT2D eigenvalue weighted by Gasteiger charge is -2.19. The van der Waals surface area contributed by atoms with Crippen LogP contribution in [0.4, 0.5) is 0 Å². The highest BCUT2D eigenvalue weighted by molar-refractivity contribution is 5.67. The Labute approximate surface area is 124 Å². The highest BCUT2D eigenvalue weighted by Crippen LogP contribution is 2.25. The molecule has 0 atom stereocenters. The zero-order valence-corrected chi connectivity index (χ0v) is 12.6. The van der Waals surface area contributed by atoms with Gasteiger partial charge >= 0.3 is 5.97 Å². The molecule has 112 valence electrons. The molecule has 0 unspecified atom stereocenters. The number of carboxylic acid groups (broad SMARTS) is 1. The molecule has 0 spiro atoms. The van der Waals surface area contributed by atoms with Crippen molar-refractivity contribution in [2.45, 2.75) is 40.0 Å². The van der Waals surface area contributed by atoms with Gasteiger partial charge in [0.15, 0.2) is 5.82 Å². The van der Waals surface area contributed by atoms with Gasteiger partial charge in [0.05, 0.1) is 6.42 Å². The minimum Gasteiger partial charge on any atom is -0.481 e. The number of hydrogen-bond donors (Lipinski definition) is 1. The smallest absolute Gasteiger partial charge is 0.303 e. The minimum absolute atomic E-state index is 0.0719. The molecule has 0 amide bonds. The summed E-state index contributed by atoms with van der Waals surface area (Å²) in [4.78, 5) is 15.2. The van der Waals surface area contributed by atoms with Crippen LogP contribution in [0.1, 0.15) is 43.1 Å². The van der Waals surface area contributed by atoms with Crippen molar-refractivity contribution in [3.8, 4) is 0 Å². The van der Waals surface area contributed by atoms with E-state index in [2.05, 4.69) is 10.1 Å². The van der Waals surface area contributed by atoms with Gasteiger partial charge in [-0.15, -0.1) is 0 Å². The molecule has 0 aliphatic carbocycles. The molecule has 1 heterocycles. The number of rotatable bonds is 6. The van der Waals surface area contributed by atoms with Crippen LogP contribution in [0.2, 0.25) is 0 Å². The van der Waals surface area contributed by atoms with E-state index in [4.69, 9.17) is 9.63 Å². The quantitative estimate of drug-likeness (QED) is 0.884. The average Bonchev–Trinajstić information content (AvgIpc) is 2.77. The minimum atomic E-state index is -0.820. The maximum atomic E-state index is 10.8. The van der Waals surface area contributed by atoms with E-state index >= 15 is 0 Å². The Morgan fingerprint density at radius 2 is 2.05 bits per heavy atom. The van der Waals surface area contributed by atoms with Crippen molar-refractivity contribution in [2.24, 2.45) is 5.41 Å². The van der Waals surface area contributed by atoms with Gasteiger partial charge in [0, 0.05) is 12.8 Å². The number of aryl methyl sites for hydroxylation is 1. The van der Waals surface area contributed by atoms with Crippen molar-refractivity contribution in [1.29, 1.82) is 0 Å². The van der Waals surface area contributed by atoms with Crippen molar-refractivity contribution < 1.29 is 14.4 Å². The lowest BCUT2D eigenvalue weighted by atomic mass is 9.86. The fourth-order valence-corrected chi connectivity index (χ4v) is 2.29. The predicted molar refractivity (Wildman–Crippen MR) is 78.0 cm³/mol. The molecule has 1 aromatic heterocycles. The first-order valence-corrected chi connectivity index (χ1v) is 6.93. The van der Waals surface area contributed by atoms with E-state index in [1.807, 2.05) is 45.0 Å². The van der Waals surface area contributed by atoms with Gasteiger partial charge < -0.3 is 9.63 Å². The summed E-state index contributed by atoms with van der Waals surface area (Å²) in [5.74, 6) is 0.301. The molecule has 0 radical (unpaired) electrons. The number of carbonyl (C=O) groups is 1. The molecular formula is C16H20N2O3. The summed E-state index contributed by atoms with van der Waals surface area (Å²) in [6.07, 6.45) is 1.15. The lowest BCUT2D eigenvalue weighted by molar-refractivity contribution is -0.139. The highest BCUT2D eigenvalue weighted by Gasteiger charge is 2.25. The maximum Gasteiger partial charge on any atom is 0.303 e. The van der Waals surface area contributed by atoms with Gasteiger partial charge in [-0.25, -0.2) is 0 Å². The molecule has 5 heteroatoms. The third-order valence-electron chi connectivity index (χ3n) is 3.38. The van der Waals surface area contributed by atoms with E-state index in [-0.39, 0.29) is 6.42 Å². The van der Waals surface area contributed by atoms with Gasteiger partial charge in [0.1, 0.15) is 0 Å². The Morgan fingerprint density at radius 1 is 1.33 bits per heavy atom. The van der Waals surface area contributed by atoms with Crippen molar-refractivity contribution in [3.63, 3.8) is 0 Å². The summed E-state index contributed by atoms with van der Waals surface area (Å²) in [5.41, 5.74) is 1.95. The van der Waals surface area contributed by atoms with Gasteiger partial charge in [-0.1, -0.05) is 43.3 Å². The standard InChI is InChI=1S/C16H20N2O3/c1-11-6-4-5-7-12(11)8-13-17-14(21-18-13)9-16(2,3)10-15(19)20/h4-7H,8-10H2,1-3H3,(H,19,20). The van der Waals surface area contributed by atoms with Crippen molar-refractivity contribution in [1.82, 2.24) is 10.1 Å². The second kappa shape index (κ2) is 6.08. The Balaban J connectivity index is 2.05. The highest BCUT2D eigenvalue weighted by atomic mass is 16.5. The molecule has 0 fully saturated rings. The van der Waals surface area contributed by atoms with Crippen molar-refractivity contribution >= 4 is 5.97 Å². The predicted octanol–water partition coefficient (Wildman–Crippen LogP) is 3.01. The Bertz CT molecular complexity index is 632. The zero-order chi connectivity index (χ0) is 15.5. The number of carboxylic acids is 1. The first kappa shape index (κ1) is 15.2. The van der Waals surface area contributed by atoms with Gasteiger partial charge in [0.2, 0.25) is 5.89 Å². The first-order chi connectivity index (χ1) is 9.85. The topological polar surface area (TPSA) is 76.2 Å². The Kier molecular flexibility index (Phi) is 4.40. The van der Waals surface area contributed by atoms with E-state index in [0.29, 0.717) is 24.6 Å². The summed E-state index contributed by atoms with van der Waals surface area (Å²) in [6.45, 7) is 5.81. The fraction of sp³-hybridized carbons (Fsp3) is 0.438. The first-order valence-electron chi connectivity index (χ1n) is 6.93. The largest absolute Gasteiger partial charge is 0.481 e. The number of aliphatic carboxylic acids is 1. The van der Waals surface area contributed by atoms with Crippen LogP contribution >= 0.6 is 0 Å². The van der Waals surface area contributed by atoms with Crippen LogP contribution in [0.25, 0.3) is 0 Å². The molecule has 0 aliphatic rings. The Hall–Kier alpha value is -2.17. The van der Waals surface area contributed by atoms with E-state index in [0.717, 1.165) is 5.56 Å². The van der Waals surface area contributed by atoms with Crippen LogP contribution in [0.3, 0.4) is 0 Å². The van der Waals surface area contributed by atoms with Crippen LogP contribution in [0.15, 0.2) is 28.8 Å². The van der Waals surface area contributed by atoms with E-state index in [1.165, 1.54) is 5.56 Å². The lowest BCUT2D eigenvalue weighted by Crippen LogP contribution is -2.19. The van der Waals surface area contributed by atoms with Gasteiger partial charge in [-0.05, 0) is 23.5 Å². The molecule has 2 rings (SSSR count). The Morgan fingerprint density at radius 3 is 2.71 bits per heavy atom. The molecule has 2 aromatic rings. The van der Waals surface area contributed by atoms with Crippen molar-refractivity contribution in [3.05, 3.63) is 47.1 Å². The summed E-state index contributed by atoms with van der Waals surface area (Å²) in [5, 5.41) is 12.9. The maximum absolute atomic E-state index is 10.8. The SMILES string of the molecule is Cc1ccccc1Cc1noc(CC(C)(C)CC(=O)O)n1. The van der Waals surface area contributed by atoms with Crippen LogP contribution in [-0.2, 0) is 17.6 Å². The molecular weight excluding hydrogens is 268 g/mol. The van der Waals surface area contributed by atoms with Crippen molar-refractivity contribution in [2.75, 3.05) is 0 Å². The molecule has 0 saturated carbocycles. The summed E-state index contributed by atoms with van der Waals surface area (Å²) in [7, 11) is 0. The number of benzene rings is 1. The van der Waals surface area contributed by atoms with Crippen LogP contribution in [-0.4, -0.2) is 21.2 Å². The van der Waals surface area contributed by atoms with E-state index in [1.54, 1.807) is 0 Å². The van der Waals surface area contributed by atoms with Gasteiger partial charge in [-0.3, -0.25) is 4.79 Å². The molecule has 1 N–H and O–H groups in total. The molecule has 0 bridgehead atoms. The fourth-order valence-electron chi connectivity index (χ4n) is 2.29.